The molecule has 0 radical (unpaired) electrons. The molecule has 0 aliphatic carbocycles. The van der Waals surface area contributed by atoms with Crippen LogP contribution in [0.25, 0.3) is 20.2 Å². The highest BCUT2D eigenvalue weighted by Gasteiger charge is 2.15. The van der Waals surface area contributed by atoms with Crippen LogP contribution in [0.1, 0.15) is 69.5 Å². The number of carbonyl (C=O) groups is 3. The highest BCUT2D eigenvalue weighted by Crippen LogP contribution is 2.36. The van der Waals surface area contributed by atoms with Crippen LogP contribution in [0, 0.1) is 0 Å². The summed E-state index contributed by atoms with van der Waals surface area (Å²) in [6.45, 7) is 2.02. The molecular weight excluding hydrogens is 492 g/mol. The Balaban J connectivity index is 1.52. The van der Waals surface area contributed by atoms with Gasteiger partial charge in [-0.3, -0.25) is 9.59 Å². The maximum Gasteiger partial charge on any atom is 0.173 e. The Hall–Kier alpha value is -3.03. The van der Waals surface area contributed by atoms with Crippen LogP contribution in [-0.2, 0) is 17.6 Å². The number of benzene rings is 2. The van der Waals surface area contributed by atoms with Crippen molar-refractivity contribution in [1.82, 2.24) is 0 Å². The van der Waals surface area contributed by atoms with Crippen LogP contribution < -0.4 is 9.47 Å². The molecule has 0 saturated heterocycles. The molecule has 0 aliphatic rings. The van der Waals surface area contributed by atoms with Gasteiger partial charge < -0.3 is 14.3 Å². The molecule has 7 heteroatoms. The minimum absolute atomic E-state index is 0.000661. The third-order valence-electron chi connectivity index (χ3n) is 6.25. The number of hydrogen-bond donors (Lipinski definition) is 0. The van der Waals surface area contributed by atoms with Crippen molar-refractivity contribution >= 4 is 60.7 Å². The van der Waals surface area contributed by atoms with E-state index >= 15 is 0 Å². The van der Waals surface area contributed by atoms with Crippen molar-refractivity contribution in [2.24, 2.45) is 0 Å². The monoisotopic (exact) mass is 522 g/mol. The number of ketones is 2. The summed E-state index contributed by atoms with van der Waals surface area (Å²) in [6, 6.07) is 12.2. The van der Waals surface area contributed by atoms with E-state index in [0.29, 0.717) is 11.3 Å². The lowest BCUT2D eigenvalue weighted by Crippen LogP contribution is -1.96. The SMILES string of the molecule is CCCC(=O)c1cc2cc(CCCc3cc4cc(C(=O)CCC=O)sc4cc3OC)c(OC)cc2s1. The average Bonchev–Trinajstić information content (AvgIpc) is 3.49. The largest absolute Gasteiger partial charge is 0.496 e. The van der Waals surface area contributed by atoms with Crippen LogP contribution in [-0.4, -0.2) is 32.1 Å². The minimum atomic E-state index is -0.000661. The van der Waals surface area contributed by atoms with Gasteiger partial charge in [-0.25, -0.2) is 0 Å². The standard InChI is InChI=1S/C29H30O5S2/c1-4-7-22(31)28-14-20-12-18(24(33-2)16-26(20)35-28)8-5-9-19-13-21-15-29(23(32)10-6-11-30)36-27(21)17-25(19)34-3/h11-17H,4-10H2,1-3H3. The van der Waals surface area contributed by atoms with Gasteiger partial charge in [0.05, 0.1) is 24.0 Å². The lowest BCUT2D eigenvalue weighted by Gasteiger charge is -2.11. The first kappa shape index (κ1) is 26.0. The normalized spacial score (nSPS) is 11.2. The smallest absolute Gasteiger partial charge is 0.173 e. The van der Waals surface area contributed by atoms with Crippen molar-refractivity contribution in [2.75, 3.05) is 14.2 Å². The molecule has 188 valence electrons. The Morgan fingerprint density at radius 3 is 1.72 bits per heavy atom. The number of fused-ring (bicyclic) bond motifs is 2. The van der Waals surface area contributed by atoms with Gasteiger partial charge in [-0.05, 0) is 84.0 Å². The molecule has 0 amide bonds. The minimum Gasteiger partial charge on any atom is -0.496 e. The molecule has 0 unspecified atom stereocenters. The predicted octanol–water partition coefficient (Wildman–Crippen LogP) is 7.45. The van der Waals surface area contributed by atoms with Gasteiger partial charge in [-0.2, -0.15) is 0 Å². The number of hydrogen-bond acceptors (Lipinski definition) is 7. The molecule has 5 nitrogen and oxygen atoms in total. The first-order valence-electron chi connectivity index (χ1n) is 12.2. The maximum atomic E-state index is 12.4. The molecule has 0 fully saturated rings. The number of carbonyl (C=O) groups excluding carboxylic acids is 3. The molecule has 4 rings (SSSR count). The van der Waals surface area contributed by atoms with Gasteiger partial charge >= 0.3 is 0 Å². The van der Waals surface area contributed by atoms with Gasteiger partial charge in [-0.1, -0.05) is 6.92 Å². The molecule has 2 aromatic heterocycles. The first-order valence-corrected chi connectivity index (χ1v) is 13.8. The van der Waals surface area contributed by atoms with Crippen molar-refractivity contribution in [3.05, 3.63) is 57.3 Å². The summed E-state index contributed by atoms with van der Waals surface area (Å²) in [4.78, 5) is 36.8. The van der Waals surface area contributed by atoms with Gasteiger partial charge in [0.25, 0.3) is 0 Å². The van der Waals surface area contributed by atoms with E-state index < -0.39 is 0 Å². The summed E-state index contributed by atoms with van der Waals surface area (Å²) in [5.41, 5.74) is 2.22. The van der Waals surface area contributed by atoms with Crippen LogP contribution in [0.15, 0.2) is 36.4 Å². The van der Waals surface area contributed by atoms with Crippen LogP contribution >= 0.6 is 22.7 Å². The second-order valence-corrected chi connectivity index (χ2v) is 10.9. The lowest BCUT2D eigenvalue weighted by molar-refractivity contribution is -0.107. The number of ether oxygens (including phenoxy) is 2. The number of methoxy groups -OCH3 is 2. The van der Waals surface area contributed by atoms with Gasteiger partial charge in [0, 0.05) is 28.7 Å². The summed E-state index contributed by atoms with van der Waals surface area (Å²) >= 11 is 2.97. The molecule has 36 heavy (non-hydrogen) atoms. The topological polar surface area (TPSA) is 69.7 Å². The highest BCUT2D eigenvalue weighted by atomic mass is 32.1. The third-order valence-corrected chi connectivity index (χ3v) is 8.52. The van der Waals surface area contributed by atoms with E-state index in [-0.39, 0.29) is 24.4 Å². The van der Waals surface area contributed by atoms with Crippen LogP contribution in [0.5, 0.6) is 11.5 Å². The fraction of sp³-hybridized carbons (Fsp3) is 0.345. The third kappa shape index (κ3) is 5.68. The number of thiophene rings is 2. The zero-order valence-electron chi connectivity index (χ0n) is 20.8. The summed E-state index contributed by atoms with van der Waals surface area (Å²) in [5, 5.41) is 2.10. The quantitative estimate of drug-likeness (QED) is 0.135. The number of aryl methyl sites for hydroxylation is 2. The number of aldehydes is 1. The van der Waals surface area contributed by atoms with Crippen molar-refractivity contribution < 1.29 is 23.9 Å². The molecular formula is C29H30O5S2. The molecule has 2 aromatic carbocycles. The zero-order chi connectivity index (χ0) is 25.7. The fourth-order valence-electron chi connectivity index (χ4n) is 4.41. The van der Waals surface area contributed by atoms with Gasteiger partial charge in [0.15, 0.2) is 11.6 Å². The van der Waals surface area contributed by atoms with E-state index in [1.807, 2.05) is 31.2 Å². The number of rotatable bonds is 13. The lowest BCUT2D eigenvalue weighted by atomic mass is 10.0. The second kappa shape index (κ2) is 11.8. The Morgan fingerprint density at radius 2 is 1.28 bits per heavy atom. The van der Waals surface area contributed by atoms with Crippen LogP contribution in [0.4, 0.5) is 0 Å². The highest BCUT2D eigenvalue weighted by molar-refractivity contribution is 7.21. The summed E-state index contributed by atoms with van der Waals surface area (Å²) in [6.07, 6.45) is 5.22. The molecule has 0 spiro atoms. The first-order chi connectivity index (χ1) is 17.5. The Kier molecular flexibility index (Phi) is 8.54. The molecule has 0 atom stereocenters. The maximum absolute atomic E-state index is 12.4. The van der Waals surface area contributed by atoms with Crippen molar-refractivity contribution in [1.29, 1.82) is 0 Å². The van der Waals surface area contributed by atoms with Gasteiger partial charge in [0.1, 0.15) is 17.8 Å². The predicted molar refractivity (Wildman–Crippen MR) is 148 cm³/mol. The average molecular weight is 523 g/mol. The zero-order valence-corrected chi connectivity index (χ0v) is 22.5. The Morgan fingerprint density at radius 1 is 0.778 bits per heavy atom. The van der Waals surface area contributed by atoms with Crippen LogP contribution in [0.3, 0.4) is 0 Å². The molecule has 4 aromatic rings. The van der Waals surface area contributed by atoms with Crippen molar-refractivity contribution in [2.45, 2.75) is 51.9 Å². The van der Waals surface area contributed by atoms with Crippen LogP contribution in [0.2, 0.25) is 0 Å². The van der Waals surface area contributed by atoms with Gasteiger partial charge in [0.2, 0.25) is 0 Å². The van der Waals surface area contributed by atoms with Gasteiger partial charge in [-0.15, -0.1) is 22.7 Å². The Labute approximate surface area is 219 Å². The molecule has 0 bridgehead atoms. The summed E-state index contributed by atoms with van der Waals surface area (Å²) in [5.74, 6) is 1.86. The van der Waals surface area contributed by atoms with E-state index in [0.717, 1.165) is 79.6 Å². The molecule has 0 N–H and O–H groups in total. The Bertz CT molecular complexity index is 1410. The van der Waals surface area contributed by atoms with Crippen molar-refractivity contribution in [3.8, 4) is 11.5 Å². The second-order valence-electron chi connectivity index (χ2n) is 8.78. The van der Waals surface area contributed by atoms with E-state index in [1.165, 1.54) is 22.7 Å². The fourth-order valence-corrected chi connectivity index (χ4v) is 6.49. The summed E-state index contributed by atoms with van der Waals surface area (Å²) in [7, 11) is 3.35. The number of Topliss-reactive ketones (excluding diaryl/α,β-unsaturated/α-hetero) is 2. The van der Waals surface area contributed by atoms with Crippen molar-refractivity contribution in [3.63, 3.8) is 0 Å². The van der Waals surface area contributed by atoms with E-state index in [9.17, 15) is 14.4 Å². The molecule has 0 aliphatic heterocycles. The van der Waals surface area contributed by atoms with E-state index in [2.05, 4.69) is 12.1 Å². The van der Waals surface area contributed by atoms with E-state index in [4.69, 9.17) is 9.47 Å². The van der Waals surface area contributed by atoms with E-state index in [1.54, 1.807) is 14.2 Å². The molecule has 2 heterocycles. The molecule has 0 saturated carbocycles. The summed E-state index contributed by atoms with van der Waals surface area (Å²) < 4.78 is 13.4.